The highest BCUT2D eigenvalue weighted by atomic mass is 16.6. The molecule has 0 bridgehead atoms. The Morgan fingerprint density at radius 2 is 0.891 bits per heavy atom. The highest BCUT2D eigenvalue weighted by molar-refractivity contribution is 5.70. The summed E-state index contributed by atoms with van der Waals surface area (Å²) in [7, 11) is 0. The first-order valence-corrected chi connectivity index (χ1v) is 19.2. The van der Waals surface area contributed by atoms with Crippen LogP contribution in [-0.4, -0.2) is 36.4 Å². The van der Waals surface area contributed by atoms with Crippen LogP contribution in [0.2, 0.25) is 0 Å². The number of esters is 2. The van der Waals surface area contributed by atoms with E-state index in [2.05, 4.69) is 62.5 Å². The Kier molecular flexibility index (Phi) is 35.6. The normalized spacial score (nSPS) is 12.7. The number of carbonyl (C=O) groups is 2. The van der Waals surface area contributed by atoms with Crippen LogP contribution >= 0.6 is 0 Å². The Labute approximate surface area is 284 Å². The Hall–Kier alpha value is -2.14. The van der Waals surface area contributed by atoms with E-state index in [9.17, 15) is 14.7 Å². The standard InChI is InChI=1S/C41H72O5/c1-3-5-7-9-11-13-15-17-19-20-22-24-26-28-30-32-34-36-41(44)46-39(37-42)38-45-40(43)35-33-31-29-27-25-23-21-18-16-14-12-10-8-6-4-2/h11,13,17,19,22,24,28,30,39,42H,3-10,12,14-16,18,20-21,23,25-27,29,31-38H2,1-2H3/b13-11+,19-17+,24-22+,30-28-/t39-/m1/s1. The van der Waals surface area contributed by atoms with E-state index >= 15 is 0 Å². The van der Waals surface area contributed by atoms with E-state index in [1.807, 2.05) is 0 Å². The van der Waals surface area contributed by atoms with E-state index in [-0.39, 0.29) is 31.6 Å². The molecule has 1 atom stereocenters. The molecule has 266 valence electrons. The van der Waals surface area contributed by atoms with Gasteiger partial charge in [-0.2, -0.15) is 0 Å². The van der Waals surface area contributed by atoms with Crippen molar-refractivity contribution in [3.63, 3.8) is 0 Å². The SMILES string of the molecule is CCCCC/C=C/C/C=C/C/C=C/C/C=C\CCCC(=O)O[C@H](CO)COC(=O)CCCCCCCCCCCCCCCCC. The predicted molar refractivity (Wildman–Crippen MR) is 196 cm³/mol. The summed E-state index contributed by atoms with van der Waals surface area (Å²) in [5.41, 5.74) is 0. The van der Waals surface area contributed by atoms with Gasteiger partial charge < -0.3 is 14.6 Å². The lowest BCUT2D eigenvalue weighted by Gasteiger charge is -2.15. The fourth-order valence-electron chi connectivity index (χ4n) is 5.19. The van der Waals surface area contributed by atoms with Crippen molar-refractivity contribution >= 4 is 11.9 Å². The molecule has 0 heterocycles. The second-order valence-corrected chi connectivity index (χ2v) is 12.7. The molecule has 0 unspecified atom stereocenters. The summed E-state index contributed by atoms with van der Waals surface area (Å²) in [6.07, 6.45) is 46.0. The Morgan fingerprint density at radius 1 is 0.500 bits per heavy atom. The van der Waals surface area contributed by atoms with E-state index in [4.69, 9.17) is 9.47 Å². The molecule has 0 saturated carbocycles. The average Bonchev–Trinajstić information content (AvgIpc) is 3.06. The maximum absolute atomic E-state index is 12.1. The topological polar surface area (TPSA) is 72.8 Å². The van der Waals surface area contributed by atoms with Gasteiger partial charge in [0.15, 0.2) is 6.10 Å². The van der Waals surface area contributed by atoms with Gasteiger partial charge in [0.25, 0.3) is 0 Å². The number of carbonyl (C=O) groups excluding carboxylic acids is 2. The highest BCUT2D eigenvalue weighted by Gasteiger charge is 2.15. The van der Waals surface area contributed by atoms with Crippen LogP contribution in [0.25, 0.3) is 0 Å². The van der Waals surface area contributed by atoms with Crippen LogP contribution in [0, 0.1) is 0 Å². The zero-order valence-electron chi connectivity index (χ0n) is 30.1. The second kappa shape index (κ2) is 37.3. The van der Waals surface area contributed by atoms with Gasteiger partial charge >= 0.3 is 11.9 Å². The molecule has 5 heteroatoms. The van der Waals surface area contributed by atoms with Gasteiger partial charge in [-0.1, -0.05) is 165 Å². The van der Waals surface area contributed by atoms with Crippen molar-refractivity contribution in [1.82, 2.24) is 0 Å². The lowest BCUT2D eigenvalue weighted by molar-refractivity contribution is -0.161. The first kappa shape index (κ1) is 43.9. The summed E-state index contributed by atoms with van der Waals surface area (Å²) in [5.74, 6) is -0.655. The van der Waals surface area contributed by atoms with Gasteiger partial charge in [0, 0.05) is 12.8 Å². The van der Waals surface area contributed by atoms with Crippen molar-refractivity contribution < 1.29 is 24.2 Å². The van der Waals surface area contributed by atoms with Gasteiger partial charge in [0.2, 0.25) is 0 Å². The van der Waals surface area contributed by atoms with Gasteiger partial charge in [0.05, 0.1) is 6.61 Å². The molecule has 0 saturated heterocycles. The molecule has 0 rings (SSSR count). The van der Waals surface area contributed by atoms with Crippen molar-refractivity contribution in [2.75, 3.05) is 13.2 Å². The molecular weight excluding hydrogens is 572 g/mol. The fraction of sp³-hybridized carbons (Fsp3) is 0.756. The maximum atomic E-state index is 12.1. The number of hydrogen-bond donors (Lipinski definition) is 1. The summed E-state index contributed by atoms with van der Waals surface area (Å²) in [4.78, 5) is 24.2. The summed E-state index contributed by atoms with van der Waals surface area (Å²) < 4.78 is 10.6. The molecule has 0 radical (unpaired) electrons. The minimum atomic E-state index is -0.797. The Balaban J connectivity index is 3.66. The Bertz CT molecular complexity index is 782. The third-order valence-electron chi connectivity index (χ3n) is 8.13. The first-order chi connectivity index (χ1) is 22.6. The van der Waals surface area contributed by atoms with E-state index in [1.165, 1.54) is 103 Å². The molecule has 46 heavy (non-hydrogen) atoms. The average molecular weight is 645 g/mol. The van der Waals surface area contributed by atoms with Gasteiger partial charge in [-0.15, -0.1) is 0 Å². The molecule has 0 aliphatic carbocycles. The maximum Gasteiger partial charge on any atom is 0.306 e. The highest BCUT2D eigenvalue weighted by Crippen LogP contribution is 2.14. The summed E-state index contributed by atoms with van der Waals surface area (Å²) in [5, 5.41) is 9.53. The lowest BCUT2D eigenvalue weighted by atomic mass is 10.0. The van der Waals surface area contributed by atoms with E-state index < -0.39 is 6.10 Å². The Morgan fingerprint density at radius 3 is 1.37 bits per heavy atom. The van der Waals surface area contributed by atoms with Crippen LogP contribution in [0.15, 0.2) is 48.6 Å². The van der Waals surface area contributed by atoms with Gasteiger partial charge in [-0.05, 0) is 51.4 Å². The lowest BCUT2D eigenvalue weighted by Crippen LogP contribution is -2.28. The minimum Gasteiger partial charge on any atom is -0.462 e. The van der Waals surface area contributed by atoms with Gasteiger partial charge in [-0.25, -0.2) is 0 Å². The molecular formula is C41H72O5. The van der Waals surface area contributed by atoms with E-state index in [0.29, 0.717) is 12.8 Å². The van der Waals surface area contributed by atoms with Crippen LogP contribution in [0.3, 0.4) is 0 Å². The largest absolute Gasteiger partial charge is 0.462 e. The number of ether oxygens (including phenoxy) is 2. The van der Waals surface area contributed by atoms with Crippen LogP contribution in [0.1, 0.15) is 181 Å². The van der Waals surface area contributed by atoms with Crippen LogP contribution in [0.5, 0.6) is 0 Å². The van der Waals surface area contributed by atoms with E-state index in [1.54, 1.807) is 0 Å². The zero-order chi connectivity index (χ0) is 33.6. The molecule has 0 fully saturated rings. The quantitative estimate of drug-likeness (QED) is 0.0429. The third-order valence-corrected chi connectivity index (χ3v) is 8.13. The number of unbranched alkanes of at least 4 members (excludes halogenated alkanes) is 18. The molecule has 0 amide bonds. The second-order valence-electron chi connectivity index (χ2n) is 12.7. The van der Waals surface area contributed by atoms with Gasteiger partial charge in [0.1, 0.15) is 6.61 Å². The van der Waals surface area contributed by atoms with Gasteiger partial charge in [-0.3, -0.25) is 9.59 Å². The summed E-state index contributed by atoms with van der Waals surface area (Å²) in [6.45, 7) is 4.06. The summed E-state index contributed by atoms with van der Waals surface area (Å²) >= 11 is 0. The number of hydrogen-bond acceptors (Lipinski definition) is 5. The molecule has 1 N–H and O–H groups in total. The summed E-state index contributed by atoms with van der Waals surface area (Å²) in [6, 6.07) is 0. The van der Waals surface area contributed by atoms with Crippen molar-refractivity contribution in [1.29, 1.82) is 0 Å². The van der Waals surface area contributed by atoms with Crippen molar-refractivity contribution in [3.05, 3.63) is 48.6 Å². The van der Waals surface area contributed by atoms with E-state index in [0.717, 1.165) is 44.9 Å². The van der Waals surface area contributed by atoms with Crippen molar-refractivity contribution in [3.8, 4) is 0 Å². The number of aliphatic hydroxyl groups excluding tert-OH is 1. The number of rotatable bonds is 34. The molecule has 5 nitrogen and oxygen atoms in total. The molecule has 0 aromatic carbocycles. The van der Waals surface area contributed by atoms with Crippen LogP contribution < -0.4 is 0 Å². The number of aliphatic hydroxyl groups is 1. The smallest absolute Gasteiger partial charge is 0.306 e. The zero-order valence-corrected chi connectivity index (χ0v) is 30.1. The fourth-order valence-corrected chi connectivity index (χ4v) is 5.19. The molecule has 0 spiro atoms. The van der Waals surface area contributed by atoms with Crippen LogP contribution in [-0.2, 0) is 19.1 Å². The molecule has 0 aromatic heterocycles. The monoisotopic (exact) mass is 645 g/mol. The van der Waals surface area contributed by atoms with Crippen molar-refractivity contribution in [2.45, 2.75) is 187 Å². The number of allylic oxidation sites excluding steroid dienone is 8. The molecule has 0 aliphatic heterocycles. The predicted octanol–water partition coefficient (Wildman–Crippen LogP) is 11.8. The first-order valence-electron chi connectivity index (χ1n) is 19.2. The third kappa shape index (κ3) is 34.7. The minimum absolute atomic E-state index is 0.0863. The van der Waals surface area contributed by atoms with Crippen molar-refractivity contribution in [2.24, 2.45) is 0 Å². The molecule has 0 aromatic rings. The van der Waals surface area contributed by atoms with Crippen LogP contribution in [0.4, 0.5) is 0 Å². The molecule has 0 aliphatic rings.